The summed E-state index contributed by atoms with van der Waals surface area (Å²) < 4.78 is 1.48. The maximum atomic E-state index is 12.2. The Morgan fingerprint density at radius 2 is 2.13 bits per heavy atom. The molecule has 0 aliphatic rings. The highest BCUT2D eigenvalue weighted by molar-refractivity contribution is 7.16. The predicted octanol–water partition coefficient (Wildman–Crippen LogP) is 3.10. The highest BCUT2D eigenvalue weighted by Gasteiger charge is 2.08. The van der Waals surface area contributed by atoms with Crippen LogP contribution in [0.5, 0.6) is 0 Å². The van der Waals surface area contributed by atoms with Gasteiger partial charge in [-0.15, -0.1) is 11.3 Å². The third-order valence-corrected chi connectivity index (χ3v) is 4.51. The molecular weight excluding hydrogens is 310 g/mol. The van der Waals surface area contributed by atoms with Gasteiger partial charge in [-0.3, -0.25) is 14.2 Å². The molecule has 0 atom stereocenters. The van der Waals surface area contributed by atoms with E-state index in [1.165, 1.54) is 22.2 Å². The van der Waals surface area contributed by atoms with E-state index in [-0.39, 0.29) is 17.9 Å². The molecule has 0 radical (unpaired) electrons. The minimum absolute atomic E-state index is 0.101. The summed E-state index contributed by atoms with van der Waals surface area (Å²) in [6.45, 7) is 4.29. The molecule has 0 aliphatic carbocycles. The molecule has 6 heteroatoms. The third-order valence-electron chi connectivity index (χ3n) is 3.69. The number of nitrogens with one attached hydrogen (secondary N) is 1. The van der Waals surface area contributed by atoms with Crippen molar-refractivity contribution in [2.24, 2.45) is 0 Å². The van der Waals surface area contributed by atoms with E-state index in [4.69, 9.17) is 0 Å². The fourth-order valence-corrected chi connectivity index (χ4v) is 3.16. The van der Waals surface area contributed by atoms with Gasteiger partial charge in [0.1, 0.15) is 4.83 Å². The monoisotopic (exact) mass is 327 g/mol. The summed E-state index contributed by atoms with van der Waals surface area (Å²) in [6.07, 6.45) is 1.73. The first-order valence-corrected chi connectivity index (χ1v) is 8.22. The molecule has 1 aromatic carbocycles. The van der Waals surface area contributed by atoms with E-state index in [1.54, 1.807) is 6.07 Å². The van der Waals surface area contributed by atoms with E-state index in [0.29, 0.717) is 11.9 Å². The molecule has 0 aliphatic heterocycles. The van der Waals surface area contributed by atoms with Crippen LogP contribution in [-0.4, -0.2) is 15.5 Å². The molecule has 0 unspecified atom stereocenters. The quantitative estimate of drug-likeness (QED) is 0.801. The summed E-state index contributed by atoms with van der Waals surface area (Å²) in [6, 6.07) is 7.64. The van der Waals surface area contributed by atoms with Crippen molar-refractivity contribution >= 4 is 33.1 Å². The Morgan fingerprint density at radius 3 is 2.91 bits per heavy atom. The van der Waals surface area contributed by atoms with Gasteiger partial charge in [-0.25, -0.2) is 4.98 Å². The molecule has 0 bridgehead atoms. The second-order valence-electron chi connectivity index (χ2n) is 5.50. The first-order chi connectivity index (χ1) is 11.0. The van der Waals surface area contributed by atoms with Gasteiger partial charge in [-0.2, -0.15) is 0 Å². The molecule has 2 heterocycles. The van der Waals surface area contributed by atoms with E-state index < -0.39 is 0 Å². The summed E-state index contributed by atoms with van der Waals surface area (Å²) in [5.41, 5.74) is 2.88. The van der Waals surface area contributed by atoms with E-state index in [2.05, 4.69) is 10.3 Å². The largest absolute Gasteiger partial charge is 0.326 e. The normalized spacial score (nSPS) is 10.9. The zero-order chi connectivity index (χ0) is 16.4. The number of amides is 1. The number of hydrogen-bond donors (Lipinski definition) is 1. The van der Waals surface area contributed by atoms with Crippen molar-refractivity contribution in [3.63, 3.8) is 0 Å². The molecule has 5 nitrogen and oxygen atoms in total. The molecule has 1 amide bonds. The molecule has 3 rings (SSSR count). The molecule has 0 saturated carbocycles. The number of hydrogen-bond acceptors (Lipinski definition) is 4. The lowest BCUT2D eigenvalue weighted by Crippen LogP contribution is -2.23. The first-order valence-electron chi connectivity index (χ1n) is 7.34. The lowest BCUT2D eigenvalue weighted by molar-refractivity contribution is -0.116. The lowest BCUT2D eigenvalue weighted by atomic mass is 10.1. The number of carbonyl (C=O) groups is 1. The Balaban J connectivity index is 1.68. The van der Waals surface area contributed by atoms with Crippen LogP contribution in [0.3, 0.4) is 0 Å². The van der Waals surface area contributed by atoms with Crippen LogP contribution in [0.2, 0.25) is 0 Å². The summed E-state index contributed by atoms with van der Waals surface area (Å²) in [4.78, 5) is 29.3. The van der Waals surface area contributed by atoms with Gasteiger partial charge in [0, 0.05) is 18.7 Å². The Morgan fingerprint density at radius 1 is 1.30 bits per heavy atom. The van der Waals surface area contributed by atoms with Crippen molar-refractivity contribution in [3.05, 3.63) is 57.5 Å². The van der Waals surface area contributed by atoms with Gasteiger partial charge < -0.3 is 5.32 Å². The number of anilines is 1. The Labute approximate surface area is 137 Å². The number of aromatic nitrogens is 2. The second kappa shape index (κ2) is 6.34. The first kappa shape index (κ1) is 15.4. The lowest BCUT2D eigenvalue weighted by Gasteiger charge is -2.10. The van der Waals surface area contributed by atoms with Crippen molar-refractivity contribution in [2.75, 3.05) is 5.32 Å². The highest BCUT2D eigenvalue weighted by atomic mass is 32.1. The number of benzene rings is 1. The van der Waals surface area contributed by atoms with Crippen molar-refractivity contribution in [3.8, 4) is 0 Å². The van der Waals surface area contributed by atoms with Crippen LogP contribution < -0.4 is 10.9 Å². The van der Waals surface area contributed by atoms with Gasteiger partial charge in [0.25, 0.3) is 5.56 Å². The van der Waals surface area contributed by atoms with Gasteiger partial charge in [0.15, 0.2) is 0 Å². The van der Waals surface area contributed by atoms with E-state index in [9.17, 15) is 9.59 Å². The third kappa shape index (κ3) is 3.32. The molecular formula is C17H17N3O2S. The predicted molar refractivity (Wildman–Crippen MR) is 93.0 cm³/mol. The summed E-state index contributed by atoms with van der Waals surface area (Å²) in [7, 11) is 0. The van der Waals surface area contributed by atoms with Crippen molar-refractivity contribution in [2.45, 2.75) is 26.8 Å². The maximum absolute atomic E-state index is 12.2. The molecule has 2 aromatic heterocycles. The molecule has 3 aromatic rings. The Bertz CT molecular complexity index is 927. The average molecular weight is 327 g/mol. The van der Waals surface area contributed by atoms with E-state index in [0.717, 1.165) is 21.6 Å². The Kier molecular flexibility index (Phi) is 4.25. The van der Waals surface area contributed by atoms with Gasteiger partial charge in [-0.1, -0.05) is 17.7 Å². The van der Waals surface area contributed by atoms with Crippen LogP contribution in [0, 0.1) is 13.8 Å². The summed E-state index contributed by atoms with van der Waals surface area (Å²) in [5, 5.41) is 5.33. The Hall–Kier alpha value is -2.47. The number of thiophene rings is 1. The number of nitrogens with zero attached hydrogens (tertiary/aromatic N) is 2. The van der Waals surface area contributed by atoms with Gasteiger partial charge in [0.05, 0.1) is 11.7 Å². The molecule has 23 heavy (non-hydrogen) atoms. The van der Waals surface area contributed by atoms with Gasteiger partial charge in [0.2, 0.25) is 5.91 Å². The summed E-state index contributed by atoms with van der Waals surface area (Å²) >= 11 is 1.44. The minimum Gasteiger partial charge on any atom is -0.326 e. The smallest absolute Gasteiger partial charge is 0.262 e. The molecule has 0 fully saturated rings. The number of carbonyl (C=O) groups excluding carboxylic acids is 1. The molecule has 0 saturated heterocycles. The highest BCUT2D eigenvalue weighted by Crippen LogP contribution is 2.16. The number of fused-ring (bicyclic) bond motifs is 1. The average Bonchev–Trinajstić information content (AvgIpc) is 2.99. The molecule has 0 spiro atoms. The standard InChI is InChI=1S/C17H17N3O2S/c1-11-3-4-14(12(2)9-11)19-15(21)5-7-20-10-18-16-13(17(20)22)6-8-23-16/h3-4,6,8-10H,5,7H2,1-2H3,(H,19,21). The zero-order valence-corrected chi connectivity index (χ0v) is 13.8. The van der Waals surface area contributed by atoms with Crippen molar-refractivity contribution in [1.29, 1.82) is 0 Å². The SMILES string of the molecule is Cc1ccc(NC(=O)CCn2cnc3sccc3c2=O)c(C)c1. The van der Waals surface area contributed by atoms with Gasteiger partial charge >= 0.3 is 0 Å². The maximum Gasteiger partial charge on any atom is 0.262 e. The number of rotatable bonds is 4. The fourth-order valence-electron chi connectivity index (χ4n) is 2.44. The van der Waals surface area contributed by atoms with E-state index in [1.807, 2.05) is 37.4 Å². The number of aryl methyl sites for hydroxylation is 3. The van der Waals surface area contributed by atoms with Crippen LogP contribution in [0.1, 0.15) is 17.5 Å². The summed E-state index contributed by atoms with van der Waals surface area (Å²) in [5.74, 6) is -0.116. The topological polar surface area (TPSA) is 64.0 Å². The van der Waals surface area contributed by atoms with Crippen LogP contribution in [0.4, 0.5) is 5.69 Å². The second-order valence-corrected chi connectivity index (χ2v) is 6.39. The van der Waals surface area contributed by atoms with E-state index >= 15 is 0 Å². The van der Waals surface area contributed by atoms with Crippen molar-refractivity contribution in [1.82, 2.24) is 9.55 Å². The van der Waals surface area contributed by atoms with Crippen LogP contribution in [0.15, 0.2) is 40.8 Å². The minimum atomic E-state index is -0.116. The van der Waals surface area contributed by atoms with Crippen LogP contribution >= 0.6 is 11.3 Å². The zero-order valence-electron chi connectivity index (χ0n) is 13.0. The fraction of sp³-hybridized carbons (Fsp3) is 0.235. The van der Waals surface area contributed by atoms with Gasteiger partial charge in [-0.05, 0) is 36.9 Å². The van der Waals surface area contributed by atoms with Crippen LogP contribution in [-0.2, 0) is 11.3 Å². The molecule has 1 N–H and O–H groups in total. The molecule has 118 valence electrons. The van der Waals surface area contributed by atoms with Crippen LogP contribution in [0.25, 0.3) is 10.2 Å². The van der Waals surface area contributed by atoms with Crippen molar-refractivity contribution < 1.29 is 4.79 Å².